The number of anilines is 1. The lowest BCUT2D eigenvalue weighted by Gasteiger charge is -2.34. The number of pyridine rings is 1. The fourth-order valence-corrected chi connectivity index (χ4v) is 9.80. The molecular weight excluding hydrogens is 462 g/mol. The molecule has 3 heterocycles. The van der Waals surface area contributed by atoms with E-state index in [0.717, 1.165) is 11.9 Å². The Balaban J connectivity index is 1.53. The van der Waals surface area contributed by atoms with Crippen molar-refractivity contribution in [2.75, 3.05) is 42.6 Å². The van der Waals surface area contributed by atoms with Gasteiger partial charge in [-0.15, -0.1) is 0 Å². The maximum atomic E-state index is 13.1. The van der Waals surface area contributed by atoms with E-state index in [4.69, 9.17) is 0 Å². The molecule has 2 fully saturated rings. The predicted molar refractivity (Wildman–Crippen MR) is 116 cm³/mol. The number of hydrogen-bond acceptors (Lipinski definition) is 8. The van der Waals surface area contributed by atoms with Crippen molar-refractivity contribution in [3.05, 3.63) is 48.7 Å². The van der Waals surface area contributed by atoms with Gasteiger partial charge in [0, 0.05) is 32.4 Å². The Hall–Kier alpha value is -2.02. The quantitative estimate of drug-likeness (QED) is 0.602. The number of rotatable bonds is 5. The van der Waals surface area contributed by atoms with Crippen LogP contribution in [0.5, 0.6) is 0 Å². The molecule has 31 heavy (non-hydrogen) atoms. The molecule has 0 N–H and O–H groups in total. The molecule has 0 aliphatic carbocycles. The number of hydrogen-bond donors (Lipinski definition) is 0. The fraction of sp³-hybridized carbons (Fsp3) is 0.421. The van der Waals surface area contributed by atoms with E-state index < -0.39 is 40.7 Å². The highest BCUT2D eigenvalue weighted by Crippen LogP contribution is 2.28. The van der Waals surface area contributed by atoms with Crippen LogP contribution in [0.2, 0.25) is 0 Å². The lowest BCUT2D eigenvalue weighted by atomic mass is 10.3. The molecular formula is C19H23N3O6S3. The highest BCUT2D eigenvalue weighted by Gasteiger charge is 2.38. The van der Waals surface area contributed by atoms with E-state index in [1.165, 1.54) is 22.5 Å². The minimum atomic E-state index is -3.95. The van der Waals surface area contributed by atoms with Crippen LogP contribution in [0, 0.1) is 0 Å². The van der Waals surface area contributed by atoms with Crippen LogP contribution in [-0.4, -0.2) is 77.5 Å². The van der Waals surface area contributed by atoms with Crippen molar-refractivity contribution in [1.82, 2.24) is 9.29 Å². The van der Waals surface area contributed by atoms with E-state index in [9.17, 15) is 25.3 Å². The first kappa shape index (κ1) is 22.2. The van der Waals surface area contributed by atoms with E-state index >= 15 is 0 Å². The van der Waals surface area contributed by atoms with Gasteiger partial charge >= 0.3 is 0 Å². The summed E-state index contributed by atoms with van der Waals surface area (Å²) in [6, 6.07) is 10.7. The summed E-state index contributed by atoms with van der Waals surface area (Å²) in [6.07, 6.45) is 1.71. The molecule has 2 saturated heterocycles. The second-order valence-electron chi connectivity index (χ2n) is 7.62. The lowest BCUT2D eigenvalue weighted by molar-refractivity contribution is 0.383. The van der Waals surface area contributed by atoms with E-state index in [2.05, 4.69) is 4.98 Å². The first-order valence-corrected chi connectivity index (χ1v) is 14.6. The molecule has 2 aliphatic rings. The number of nitrogens with zero attached hydrogens (tertiary/aromatic N) is 3. The van der Waals surface area contributed by atoms with Crippen molar-refractivity contribution >= 4 is 35.5 Å². The van der Waals surface area contributed by atoms with Gasteiger partial charge in [0.25, 0.3) is 0 Å². The minimum Gasteiger partial charge on any atom is -0.354 e. The van der Waals surface area contributed by atoms with Gasteiger partial charge in [0.15, 0.2) is 19.7 Å². The Morgan fingerprint density at radius 2 is 1.61 bits per heavy atom. The van der Waals surface area contributed by atoms with Crippen LogP contribution in [0.15, 0.2) is 58.5 Å². The van der Waals surface area contributed by atoms with Gasteiger partial charge in [-0.3, -0.25) is 0 Å². The van der Waals surface area contributed by atoms with Crippen LogP contribution in [0.3, 0.4) is 0 Å². The number of piperazine rings is 1. The molecule has 0 saturated carbocycles. The van der Waals surface area contributed by atoms with Crippen molar-refractivity contribution in [3.63, 3.8) is 0 Å². The van der Waals surface area contributed by atoms with Crippen LogP contribution in [-0.2, 0) is 29.7 Å². The molecule has 0 unspecified atom stereocenters. The monoisotopic (exact) mass is 485 g/mol. The molecule has 1 aromatic heterocycles. The normalized spacial score (nSPS) is 22.5. The average molecular weight is 486 g/mol. The lowest BCUT2D eigenvalue weighted by Crippen LogP contribution is -2.48. The SMILES string of the molecule is O=S1(=O)CC[C@@H](S(=O)(=O)c2cccc(S(=O)(=O)N3CCN(c4ccccn4)CC3)c2)C1. The first-order chi connectivity index (χ1) is 14.6. The van der Waals surface area contributed by atoms with Crippen molar-refractivity contribution in [1.29, 1.82) is 0 Å². The summed E-state index contributed by atoms with van der Waals surface area (Å²) >= 11 is 0. The summed E-state index contributed by atoms with van der Waals surface area (Å²) in [5, 5.41) is -1.04. The van der Waals surface area contributed by atoms with Gasteiger partial charge < -0.3 is 4.90 Å². The second-order valence-corrected chi connectivity index (χ2v) is 14.0. The van der Waals surface area contributed by atoms with Crippen LogP contribution in [0.25, 0.3) is 0 Å². The average Bonchev–Trinajstić information content (AvgIpc) is 3.15. The molecule has 12 heteroatoms. The predicted octanol–water partition coefficient (Wildman–Crippen LogP) is 0.553. The van der Waals surface area contributed by atoms with E-state index in [0.29, 0.717) is 13.1 Å². The number of aromatic nitrogens is 1. The number of benzene rings is 1. The van der Waals surface area contributed by atoms with Crippen LogP contribution in [0.1, 0.15) is 6.42 Å². The summed E-state index contributed by atoms with van der Waals surface area (Å²) in [5.74, 6) is 0.177. The van der Waals surface area contributed by atoms with Crippen LogP contribution in [0.4, 0.5) is 5.82 Å². The van der Waals surface area contributed by atoms with Gasteiger partial charge in [0.2, 0.25) is 10.0 Å². The third kappa shape index (κ3) is 4.47. The van der Waals surface area contributed by atoms with Gasteiger partial charge in [-0.25, -0.2) is 30.2 Å². The zero-order chi connectivity index (χ0) is 22.3. The largest absolute Gasteiger partial charge is 0.354 e. The third-order valence-corrected chi connectivity index (χ3v) is 11.7. The fourth-order valence-electron chi connectivity index (χ4n) is 3.86. The van der Waals surface area contributed by atoms with E-state index in [1.807, 2.05) is 23.1 Å². The molecule has 2 aromatic rings. The van der Waals surface area contributed by atoms with Crippen molar-refractivity contribution in [2.24, 2.45) is 0 Å². The highest BCUT2D eigenvalue weighted by atomic mass is 32.2. The molecule has 0 spiro atoms. The summed E-state index contributed by atoms with van der Waals surface area (Å²) in [4.78, 5) is 6.00. The van der Waals surface area contributed by atoms with Gasteiger partial charge in [-0.05, 0) is 36.8 Å². The van der Waals surface area contributed by atoms with E-state index in [1.54, 1.807) is 6.20 Å². The van der Waals surface area contributed by atoms with Crippen molar-refractivity contribution in [2.45, 2.75) is 21.5 Å². The van der Waals surface area contributed by atoms with Crippen LogP contribution < -0.4 is 4.90 Å². The molecule has 9 nitrogen and oxygen atoms in total. The molecule has 4 rings (SSSR count). The zero-order valence-electron chi connectivity index (χ0n) is 16.7. The molecule has 1 aromatic carbocycles. The van der Waals surface area contributed by atoms with Crippen molar-refractivity contribution < 1.29 is 25.3 Å². The number of sulfone groups is 2. The molecule has 0 bridgehead atoms. The Kier molecular flexibility index (Phi) is 5.83. The first-order valence-electron chi connectivity index (χ1n) is 9.80. The Morgan fingerprint density at radius 3 is 2.23 bits per heavy atom. The standard InChI is InChI=1S/C19H23N3O6S3/c23-29(24)13-7-18(15-29)30(25,26)16-4-3-5-17(14-16)31(27,28)22-11-9-21(10-12-22)19-6-1-2-8-20-19/h1-6,8,14,18H,7,9-13,15H2/t18-/m1/s1. The Morgan fingerprint density at radius 1 is 0.903 bits per heavy atom. The maximum Gasteiger partial charge on any atom is 0.243 e. The van der Waals surface area contributed by atoms with E-state index in [-0.39, 0.29) is 35.1 Å². The van der Waals surface area contributed by atoms with Gasteiger partial charge in [-0.1, -0.05) is 12.1 Å². The summed E-state index contributed by atoms with van der Waals surface area (Å²) < 4.78 is 76.8. The van der Waals surface area contributed by atoms with Crippen LogP contribution >= 0.6 is 0 Å². The molecule has 0 radical (unpaired) electrons. The molecule has 2 aliphatic heterocycles. The minimum absolute atomic E-state index is 0.0249. The smallest absolute Gasteiger partial charge is 0.243 e. The summed E-state index contributed by atoms with van der Waals surface area (Å²) in [7, 11) is -11.2. The van der Waals surface area contributed by atoms with Gasteiger partial charge in [0.1, 0.15) is 5.82 Å². The second kappa shape index (κ2) is 8.15. The maximum absolute atomic E-state index is 13.1. The topological polar surface area (TPSA) is 122 Å². The van der Waals surface area contributed by atoms with Gasteiger partial charge in [0.05, 0.1) is 26.5 Å². The molecule has 0 amide bonds. The molecule has 1 atom stereocenters. The number of sulfonamides is 1. The van der Waals surface area contributed by atoms with Crippen molar-refractivity contribution in [3.8, 4) is 0 Å². The third-order valence-electron chi connectivity index (χ3n) is 5.61. The summed E-state index contributed by atoms with van der Waals surface area (Å²) in [6.45, 7) is 1.43. The van der Waals surface area contributed by atoms with Gasteiger partial charge in [-0.2, -0.15) is 4.31 Å². The summed E-state index contributed by atoms with van der Waals surface area (Å²) in [5.41, 5.74) is 0. The zero-order valence-corrected chi connectivity index (χ0v) is 19.1. The Bertz CT molecular complexity index is 1270. The Labute approximate surface area is 182 Å². The molecule has 168 valence electrons. The highest BCUT2D eigenvalue weighted by molar-refractivity contribution is 7.96.